The van der Waals surface area contributed by atoms with Gasteiger partial charge < -0.3 is 10.1 Å². The zero-order valence-corrected chi connectivity index (χ0v) is 13.8. The molecule has 0 spiro atoms. The summed E-state index contributed by atoms with van der Waals surface area (Å²) >= 11 is 7.00. The lowest BCUT2D eigenvalue weighted by atomic mass is 10.2. The van der Waals surface area contributed by atoms with Gasteiger partial charge in [-0.3, -0.25) is 0 Å². The maximum absolute atomic E-state index is 6.09. The van der Waals surface area contributed by atoms with Gasteiger partial charge in [-0.15, -0.1) is 0 Å². The molecule has 1 atom stereocenters. The van der Waals surface area contributed by atoms with E-state index in [0.29, 0.717) is 0 Å². The van der Waals surface area contributed by atoms with Crippen molar-refractivity contribution >= 4 is 31.9 Å². The van der Waals surface area contributed by atoms with E-state index in [4.69, 9.17) is 4.74 Å². The highest BCUT2D eigenvalue weighted by molar-refractivity contribution is 9.11. The number of halogens is 2. The van der Waals surface area contributed by atoms with Crippen molar-refractivity contribution in [2.45, 2.75) is 44.8 Å². The number of hydrogen-bond donors (Lipinski definition) is 1. The number of benzene rings is 1. The Kier molecular flexibility index (Phi) is 5.52. The molecule has 100 valence electrons. The average molecular weight is 377 g/mol. The molecular weight excluding hydrogens is 358 g/mol. The van der Waals surface area contributed by atoms with Crippen molar-refractivity contribution in [1.82, 2.24) is 5.32 Å². The second kappa shape index (κ2) is 6.92. The predicted molar refractivity (Wildman–Crippen MR) is 82.2 cm³/mol. The van der Waals surface area contributed by atoms with Crippen LogP contribution in [0.25, 0.3) is 0 Å². The molecule has 1 aromatic rings. The van der Waals surface area contributed by atoms with E-state index < -0.39 is 0 Å². The van der Waals surface area contributed by atoms with Gasteiger partial charge in [-0.25, -0.2) is 0 Å². The molecule has 4 heteroatoms. The van der Waals surface area contributed by atoms with Gasteiger partial charge >= 0.3 is 0 Å². The summed E-state index contributed by atoms with van der Waals surface area (Å²) in [5.41, 5.74) is 0. The fraction of sp³-hybridized carbons (Fsp3) is 0.571. The molecule has 1 saturated carbocycles. The van der Waals surface area contributed by atoms with Gasteiger partial charge in [0, 0.05) is 17.1 Å². The van der Waals surface area contributed by atoms with Crippen LogP contribution in [-0.4, -0.2) is 18.7 Å². The second-order valence-corrected chi connectivity index (χ2v) is 6.56. The molecule has 1 fully saturated rings. The number of hydrogen-bond acceptors (Lipinski definition) is 2. The van der Waals surface area contributed by atoms with Gasteiger partial charge in [0.1, 0.15) is 11.9 Å². The molecule has 0 radical (unpaired) electrons. The second-order valence-electron chi connectivity index (χ2n) is 4.79. The van der Waals surface area contributed by atoms with Gasteiger partial charge in [0.05, 0.1) is 4.47 Å². The third-order valence-electron chi connectivity index (χ3n) is 3.01. The summed E-state index contributed by atoms with van der Waals surface area (Å²) in [4.78, 5) is 0. The van der Waals surface area contributed by atoms with Crippen LogP contribution in [0.15, 0.2) is 27.1 Å². The van der Waals surface area contributed by atoms with Crippen molar-refractivity contribution in [1.29, 1.82) is 0 Å². The van der Waals surface area contributed by atoms with Crippen LogP contribution in [0.5, 0.6) is 5.75 Å². The molecule has 1 aliphatic carbocycles. The van der Waals surface area contributed by atoms with Crippen molar-refractivity contribution in [2.24, 2.45) is 0 Å². The highest BCUT2D eigenvalue weighted by Gasteiger charge is 2.22. The number of nitrogens with one attached hydrogen (secondary N) is 1. The Hall–Kier alpha value is -0.0600. The van der Waals surface area contributed by atoms with Crippen molar-refractivity contribution < 1.29 is 4.74 Å². The highest BCUT2D eigenvalue weighted by Crippen LogP contribution is 2.29. The van der Waals surface area contributed by atoms with Gasteiger partial charge in [-0.1, -0.05) is 29.3 Å². The first-order chi connectivity index (χ1) is 8.69. The van der Waals surface area contributed by atoms with Crippen LogP contribution >= 0.6 is 31.9 Å². The molecule has 1 N–H and O–H groups in total. The maximum Gasteiger partial charge on any atom is 0.134 e. The van der Waals surface area contributed by atoms with E-state index >= 15 is 0 Å². The molecule has 18 heavy (non-hydrogen) atoms. The van der Waals surface area contributed by atoms with E-state index in [1.54, 1.807) is 0 Å². The van der Waals surface area contributed by atoms with E-state index in [1.807, 2.05) is 18.2 Å². The van der Waals surface area contributed by atoms with Crippen LogP contribution in [0, 0.1) is 0 Å². The SMILES string of the molecule is CCCC(CNC1CC1)Oc1ccc(Br)cc1Br. The van der Waals surface area contributed by atoms with Crippen LogP contribution in [0.3, 0.4) is 0 Å². The lowest BCUT2D eigenvalue weighted by molar-refractivity contribution is 0.184. The Balaban J connectivity index is 1.92. The fourth-order valence-corrected chi connectivity index (χ4v) is 3.00. The minimum absolute atomic E-state index is 0.257. The summed E-state index contributed by atoms with van der Waals surface area (Å²) in [6, 6.07) is 6.78. The van der Waals surface area contributed by atoms with Crippen LogP contribution < -0.4 is 10.1 Å². The summed E-state index contributed by atoms with van der Waals surface area (Å²) in [7, 11) is 0. The average Bonchev–Trinajstić information content (AvgIpc) is 3.13. The third kappa shape index (κ3) is 4.56. The Morgan fingerprint density at radius 2 is 2.17 bits per heavy atom. The molecule has 0 aliphatic heterocycles. The normalized spacial score (nSPS) is 16.6. The molecule has 1 unspecified atom stereocenters. The topological polar surface area (TPSA) is 21.3 Å². The fourth-order valence-electron chi connectivity index (χ4n) is 1.86. The molecule has 1 aromatic carbocycles. The van der Waals surface area contributed by atoms with Gasteiger partial charge in [-0.2, -0.15) is 0 Å². The predicted octanol–water partition coefficient (Wildman–Crippen LogP) is 4.51. The Morgan fingerprint density at radius 3 is 2.78 bits per heavy atom. The molecule has 0 saturated heterocycles. The van der Waals surface area contributed by atoms with E-state index in [0.717, 1.165) is 40.1 Å². The highest BCUT2D eigenvalue weighted by atomic mass is 79.9. The summed E-state index contributed by atoms with van der Waals surface area (Å²) in [6.45, 7) is 3.14. The first kappa shape index (κ1) is 14.4. The minimum Gasteiger partial charge on any atom is -0.488 e. The largest absolute Gasteiger partial charge is 0.488 e. The van der Waals surface area contributed by atoms with Crippen molar-refractivity contribution in [3.8, 4) is 5.75 Å². The summed E-state index contributed by atoms with van der Waals surface area (Å²) in [5, 5.41) is 3.54. The molecule has 0 bridgehead atoms. The Morgan fingerprint density at radius 1 is 1.39 bits per heavy atom. The van der Waals surface area contributed by atoms with E-state index in [-0.39, 0.29) is 6.10 Å². The van der Waals surface area contributed by atoms with Gasteiger partial charge in [0.25, 0.3) is 0 Å². The quantitative estimate of drug-likeness (QED) is 0.755. The summed E-state index contributed by atoms with van der Waals surface area (Å²) in [5.74, 6) is 0.925. The minimum atomic E-state index is 0.257. The lowest BCUT2D eigenvalue weighted by Gasteiger charge is -2.20. The van der Waals surface area contributed by atoms with Crippen LogP contribution in [-0.2, 0) is 0 Å². The lowest BCUT2D eigenvalue weighted by Crippen LogP contribution is -2.32. The molecule has 2 rings (SSSR count). The molecular formula is C14H19Br2NO. The zero-order chi connectivity index (χ0) is 13.0. The zero-order valence-electron chi connectivity index (χ0n) is 10.6. The van der Waals surface area contributed by atoms with Gasteiger partial charge in [0.15, 0.2) is 0 Å². The van der Waals surface area contributed by atoms with E-state index in [9.17, 15) is 0 Å². The van der Waals surface area contributed by atoms with Crippen molar-refractivity contribution in [3.05, 3.63) is 27.1 Å². The molecule has 1 aliphatic rings. The monoisotopic (exact) mass is 375 g/mol. The number of rotatable bonds is 7. The molecule has 0 amide bonds. The molecule has 0 heterocycles. The van der Waals surface area contributed by atoms with Gasteiger partial charge in [0.2, 0.25) is 0 Å². The molecule has 2 nitrogen and oxygen atoms in total. The van der Waals surface area contributed by atoms with Crippen LogP contribution in [0.1, 0.15) is 32.6 Å². The Bertz CT molecular complexity index is 393. The Labute approximate surface area is 126 Å². The van der Waals surface area contributed by atoms with Crippen LogP contribution in [0.2, 0.25) is 0 Å². The van der Waals surface area contributed by atoms with E-state index in [1.165, 1.54) is 12.8 Å². The molecule has 0 aromatic heterocycles. The first-order valence-corrected chi connectivity index (χ1v) is 8.12. The summed E-state index contributed by atoms with van der Waals surface area (Å²) < 4.78 is 8.15. The summed E-state index contributed by atoms with van der Waals surface area (Å²) in [6.07, 6.45) is 5.13. The van der Waals surface area contributed by atoms with Crippen molar-refractivity contribution in [3.63, 3.8) is 0 Å². The van der Waals surface area contributed by atoms with Gasteiger partial charge in [-0.05, 0) is 53.4 Å². The standard InChI is InChI=1S/C14H19Br2NO/c1-2-3-12(9-17-11-5-6-11)18-14-7-4-10(15)8-13(14)16/h4,7-8,11-12,17H,2-3,5-6,9H2,1H3. The van der Waals surface area contributed by atoms with Crippen LogP contribution in [0.4, 0.5) is 0 Å². The van der Waals surface area contributed by atoms with Crippen molar-refractivity contribution in [2.75, 3.05) is 6.54 Å². The number of ether oxygens (including phenoxy) is 1. The maximum atomic E-state index is 6.09. The van der Waals surface area contributed by atoms with E-state index in [2.05, 4.69) is 44.1 Å². The smallest absolute Gasteiger partial charge is 0.134 e. The third-order valence-corrected chi connectivity index (χ3v) is 4.12. The first-order valence-electron chi connectivity index (χ1n) is 6.54.